The minimum atomic E-state index is -1.15. The van der Waals surface area contributed by atoms with Crippen molar-refractivity contribution in [1.29, 1.82) is 0 Å². The fourth-order valence-corrected chi connectivity index (χ4v) is 3.63. The molecule has 2 aliphatic heterocycles. The monoisotopic (exact) mass is 366 g/mol. The highest BCUT2D eigenvalue weighted by atomic mass is 19.1. The first-order valence-electron chi connectivity index (χ1n) is 8.78. The molecule has 2 saturated heterocycles. The van der Waals surface area contributed by atoms with Crippen LogP contribution in [0.1, 0.15) is 25.7 Å². The first kappa shape index (κ1) is 17.4. The molecule has 2 heterocycles. The maximum atomic E-state index is 13.8. The SMILES string of the molecule is O=C(Nc1ccc(F)cc1F)C1(C(=O)N2CCC3(CC2)OCCO3)CC1. The Kier molecular flexibility index (Phi) is 4.19. The third-order valence-electron chi connectivity index (χ3n) is 5.40. The van der Waals surface area contributed by atoms with Crippen LogP contribution >= 0.6 is 0 Å². The van der Waals surface area contributed by atoms with Crippen molar-refractivity contribution in [3.05, 3.63) is 29.8 Å². The molecule has 3 fully saturated rings. The van der Waals surface area contributed by atoms with Crippen LogP contribution in [0.25, 0.3) is 0 Å². The first-order chi connectivity index (χ1) is 12.4. The molecule has 0 atom stereocenters. The van der Waals surface area contributed by atoms with Crippen molar-refractivity contribution in [2.45, 2.75) is 31.5 Å². The lowest BCUT2D eigenvalue weighted by Crippen LogP contribution is -2.51. The van der Waals surface area contributed by atoms with Crippen LogP contribution < -0.4 is 5.32 Å². The van der Waals surface area contributed by atoms with Gasteiger partial charge in [-0.25, -0.2) is 8.78 Å². The Hall–Kier alpha value is -2.06. The number of hydrogen-bond donors (Lipinski definition) is 1. The highest BCUT2D eigenvalue weighted by Gasteiger charge is 2.59. The molecule has 0 aromatic heterocycles. The van der Waals surface area contributed by atoms with Gasteiger partial charge < -0.3 is 19.7 Å². The van der Waals surface area contributed by atoms with Crippen molar-refractivity contribution in [2.24, 2.45) is 5.41 Å². The van der Waals surface area contributed by atoms with Gasteiger partial charge in [-0.2, -0.15) is 0 Å². The number of nitrogens with one attached hydrogen (secondary N) is 1. The predicted octanol–water partition coefficient (Wildman–Crippen LogP) is 2.05. The average molecular weight is 366 g/mol. The molecule has 140 valence electrons. The van der Waals surface area contributed by atoms with Gasteiger partial charge in [0.2, 0.25) is 11.8 Å². The van der Waals surface area contributed by atoms with E-state index in [1.165, 1.54) is 0 Å². The molecule has 1 aliphatic carbocycles. The van der Waals surface area contributed by atoms with E-state index in [1.54, 1.807) is 4.90 Å². The molecule has 4 rings (SSSR count). The lowest BCUT2D eigenvalue weighted by molar-refractivity contribution is -0.188. The Labute approximate surface area is 149 Å². The highest BCUT2D eigenvalue weighted by Crippen LogP contribution is 2.49. The molecule has 1 saturated carbocycles. The summed E-state index contributed by atoms with van der Waals surface area (Å²) in [5.74, 6) is -2.96. The number of nitrogens with zero attached hydrogens (tertiary/aromatic N) is 1. The summed E-state index contributed by atoms with van der Waals surface area (Å²) >= 11 is 0. The Morgan fingerprint density at radius 3 is 2.27 bits per heavy atom. The first-order valence-corrected chi connectivity index (χ1v) is 8.78. The minimum absolute atomic E-state index is 0.124. The molecular formula is C18H20F2N2O4. The van der Waals surface area contributed by atoms with Crippen LogP contribution in [0.15, 0.2) is 18.2 Å². The van der Waals surface area contributed by atoms with Crippen molar-refractivity contribution in [2.75, 3.05) is 31.6 Å². The van der Waals surface area contributed by atoms with E-state index in [9.17, 15) is 18.4 Å². The van der Waals surface area contributed by atoms with E-state index in [4.69, 9.17) is 9.47 Å². The summed E-state index contributed by atoms with van der Waals surface area (Å²) in [4.78, 5) is 27.1. The zero-order valence-corrected chi connectivity index (χ0v) is 14.2. The van der Waals surface area contributed by atoms with E-state index >= 15 is 0 Å². The van der Waals surface area contributed by atoms with Crippen LogP contribution in [-0.2, 0) is 19.1 Å². The molecule has 6 nitrogen and oxygen atoms in total. The molecule has 1 aromatic rings. The number of carbonyl (C=O) groups excluding carboxylic acids is 2. The summed E-state index contributed by atoms with van der Waals surface area (Å²) in [6.07, 6.45) is 2.00. The largest absolute Gasteiger partial charge is 0.347 e. The molecule has 1 N–H and O–H groups in total. The van der Waals surface area contributed by atoms with E-state index < -0.39 is 28.7 Å². The molecule has 2 amide bonds. The van der Waals surface area contributed by atoms with Gasteiger partial charge in [0.1, 0.15) is 17.0 Å². The van der Waals surface area contributed by atoms with Gasteiger partial charge in [-0.05, 0) is 25.0 Å². The second-order valence-electron chi connectivity index (χ2n) is 7.06. The molecule has 8 heteroatoms. The maximum Gasteiger partial charge on any atom is 0.240 e. The second kappa shape index (κ2) is 6.28. The number of ether oxygens (including phenoxy) is 2. The fraction of sp³-hybridized carbons (Fsp3) is 0.556. The zero-order chi connectivity index (χ0) is 18.4. The van der Waals surface area contributed by atoms with Crippen LogP contribution in [0, 0.1) is 17.0 Å². The molecule has 1 spiro atoms. The summed E-state index contributed by atoms with van der Waals surface area (Å²) in [7, 11) is 0. The van der Waals surface area contributed by atoms with E-state index in [1.807, 2.05) is 0 Å². The smallest absolute Gasteiger partial charge is 0.240 e. The number of piperidine rings is 1. The normalized spacial score (nSPS) is 23.1. The van der Waals surface area contributed by atoms with Crippen LogP contribution in [0.5, 0.6) is 0 Å². The lowest BCUT2D eigenvalue weighted by atomic mass is 9.98. The molecule has 26 heavy (non-hydrogen) atoms. The van der Waals surface area contributed by atoms with E-state index in [0.29, 0.717) is 58.1 Å². The van der Waals surface area contributed by atoms with Gasteiger partial charge in [0, 0.05) is 32.0 Å². The summed E-state index contributed by atoms with van der Waals surface area (Å²) in [6, 6.07) is 2.91. The van der Waals surface area contributed by atoms with Gasteiger partial charge in [-0.1, -0.05) is 0 Å². The fourth-order valence-electron chi connectivity index (χ4n) is 3.63. The standard InChI is InChI=1S/C18H20F2N2O4/c19-12-1-2-14(13(20)11-12)21-15(23)17(3-4-17)16(24)22-7-5-18(6-8-22)25-9-10-26-18/h1-2,11H,3-10H2,(H,21,23). The molecule has 0 radical (unpaired) electrons. The number of carbonyl (C=O) groups is 2. The van der Waals surface area contributed by atoms with Gasteiger partial charge >= 0.3 is 0 Å². The van der Waals surface area contributed by atoms with Gasteiger partial charge in [0.15, 0.2) is 5.79 Å². The van der Waals surface area contributed by atoms with Crippen molar-refractivity contribution < 1.29 is 27.8 Å². The van der Waals surface area contributed by atoms with E-state index in [2.05, 4.69) is 5.32 Å². The highest BCUT2D eigenvalue weighted by molar-refractivity contribution is 6.13. The molecule has 0 unspecified atom stereocenters. The lowest BCUT2D eigenvalue weighted by Gasteiger charge is -2.38. The van der Waals surface area contributed by atoms with Crippen molar-refractivity contribution in [1.82, 2.24) is 4.90 Å². The minimum Gasteiger partial charge on any atom is -0.347 e. The van der Waals surface area contributed by atoms with Crippen LogP contribution in [-0.4, -0.2) is 48.8 Å². The van der Waals surface area contributed by atoms with Crippen molar-refractivity contribution >= 4 is 17.5 Å². The van der Waals surface area contributed by atoms with Gasteiger partial charge in [-0.15, -0.1) is 0 Å². The van der Waals surface area contributed by atoms with Crippen LogP contribution in [0.4, 0.5) is 14.5 Å². The van der Waals surface area contributed by atoms with Crippen LogP contribution in [0.2, 0.25) is 0 Å². The number of anilines is 1. The molecule has 3 aliphatic rings. The van der Waals surface area contributed by atoms with Crippen molar-refractivity contribution in [3.8, 4) is 0 Å². The number of benzene rings is 1. The Morgan fingerprint density at radius 2 is 1.69 bits per heavy atom. The summed E-state index contributed by atoms with van der Waals surface area (Å²) in [5, 5.41) is 2.43. The van der Waals surface area contributed by atoms with Gasteiger partial charge in [-0.3, -0.25) is 9.59 Å². The third kappa shape index (κ3) is 2.97. The number of halogens is 2. The Morgan fingerprint density at radius 1 is 1.04 bits per heavy atom. The Bertz CT molecular complexity index is 735. The molecular weight excluding hydrogens is 346 g/mol. The number of likely N-dealkylation sites (tertiary alicyclic amines) is 1. The summed E-state index contributed by atoms with van der Waals surface area (Å²) < 4.78 is 38.1. The number of rotatable bonds is 3. The quantitative estimate of drug-likeness (QED) is 0.832. The second-order valence-corrected chi connectivity index (χ2v) is 7.06. The van der Waals surface area contributed by atoms with E-state index in [-0.39, 0.29) is 11.6 Å². The predicted molar refractivity (Wildman–Crippen MR) is 87.1 cm³/mol. The molecule has 1 aromatic carbocycles. The number of amides is 2. The van der Waals surface area contributed by atoms with Gasteiger partial charge in [0.05, 0.1) is 18.9 Å². The summed E-state index contributed by atoms with van der Waals surface area (Å²) in [5.41, 5.74) is -1.27. The molecule has 0 bridgehead atoms. The number of hydrogen-bond acceptors (Lipinski definition) is 4. The zero-order valence-electron chi connectivity index (χ0n) is 14.2. The Balaban J connectivity index is 1.41. The maximum absolute atomic E-state index is 13.8. The average Bonchev–Trinajstić information content (AvgIpc) is 3.33. The third-order valence-corrected chi connectivity index (χ3v) is 5.40. The van der Waals surface area contributed by atoms with Crippen molar-refractivity contribution in [3.63, 3.8) is 0 Å². The summed E-state index contributed by atoms with van der Waals surface area (Å²) in [6.45, 7) is 2.03. The van der Waals surface area contributed by atoms with Crippen LogP contribution in [0.3, 0.4) is 0 Å². The topological polar surface area (TPSA) is 67.9 Å². The van der Waals surface area contributed by atoms with E-state index in [0.717, 1.165) is 12.1 Å². The van der Waals surface area contributed by atoms with Gasteiger partial charge in [0.25, 0.3) is 0 Å².